The highest BCUT2D eigenvalue weighted by molar-refractivity contribution is 7.99. The summed E-state index contributed by atoms with van der Waals surface area (Å²) in [6.07, 6.45) is -13.3. The van der Waals surface area contributed by atoms with Crippen molar-refractivity contribution in [3.8, 4) is 0 Å². The number of hydrogen-bond acceptors (Lipinski definition) is 26. The van der Waals surface area contributed by atoms with Crippen molar-refractivity contribution in [3.63, 3.8) is 0 Å². The molecule has 26 heteroatoms. The van der Waals surface area contributed by atoms with Crippen molar-refractivity contribution >= 4 is 71.3 Å². The monoisotopic (exact) mass is 894 g/mol. The molecule has 2 aliphatic heterocycles. The number of carbonyl (C=O) groups is 8. The van der Waals surface area contributed by atoms with Crippen LogP contribution in [-0.4, -0.2) is 167 Å². The summed E-state index contributed by atoms with van der Waals surface area (Å²) in [6.45, 7) is 7.98. The summed E-state index contributed by atoms with van der Waals surface area (Å²) in [5, 5.41) is 16.4. The van der Waals surface area contributed by atoms with Crippen molar-refractivity contribution in [2.75, 3.05) is 37.9 Å². The van der Waals surface area contributed by atoms with Gasteiger partial charge < -0.3 is 56.8 Å². The van der Waals surface area contributed by atoms with E-state index < -0.39 is 122 Å². The number of esters is 8. The Morgan fingerprint density at radius 1 is 0.433 bits per heavy atom. The summed E-state index contributed by atoms with van der Waals surface area (Å²) in [6, 6.07) is 0. The Bertz CT molecular complexity index is 1550. The second-order valence-corrected chi connectivity index (χ2v) is 14.7. The van der Waals surface area contributed by atoms with Crippen molar-refractivity contribution in [1.29, 1.82) is 0 Å². The normalized spacial score (nSPS) is 26.1. The van der Waals surface area contributed by atoms with Crippen LogP contribution in [0.25, 0.3) is 0 Å². The van der Waals surface area contributed by atoms with Gasteiger partial charge in [0.15, 0.2) is 49.2 Å². The van der Waals surface area contributed by atoms with Crippen LogP contribution in [0, 0.1) is 0 Å². The third-order valence-electron chi connectivity index (χ3n) is 7.53. The van der Waals surface area contributed by atoms with Gasteiger partial charge in [-0.25, -0.2) is 0 Å². The van der Waals surface area contributed by atoms with Gasteiger partial charge in [-0.1, -0.05) is 23.5 Å². The largest absolute Gasteiger partial charge is 0.463 e. The van der Waals surface area contributed by atoms with Gasteiger partial charge in [-0.2, -0.15) is 0 Å². The van der Waals surface area contributed by atoms with E-state index in [1.54, 1.807) is 0 Å². The molecule has 3 rings (SSSR count). The lowest BCUT2D eigenvalue weighted by Crippen LogP contribution is -2.63. The fraction of sp³-hybridized carbons (Fsp3) is 0.706. The molecule has 2 saturated heterocycles. The molecule has 1 aromatic rings. The number of ether oxygens (including phenoxy) is 12. The molecule has 334 valence electrons. The minimum absolute atomic E-state index is 0.0746. The summed E-state index contributed by atoms with van der Waals surface area (Å²) in [4.78, 5) is 95.1. The zero-order chi connectivity index (χ0) is 44.5. The standard InChI is InChI=1S/C34H46N4O20S2/c1-15(39)49-13-23-25(51-17(3)41)27(53-19(5)43)29(55-21(7)45)31(57-23)47-9-11-59-33-35-37-34(38-36-33)60-12-10-48-32-30(56-22(8)46)28(54-20(6)44)26(52-18(4)42)24(58-32)14-50-16(2)40/h23-32H,9-14H2,1-8H3/t23-,24-,25+,26+,27+,28+,29-,30-,31-,32-/m1/s1. The molecule has 1 aromatic heterocycles. The summed E-state index contributed by atoms with van der Waals surface area (Å²) in [5.41, 5.74) is 0. The molecule has 0 unspecified atom stereocenters. The molecule has 0 N–H and O–H groups in total. The average molecular weight is 895 g/mol. The first-order chi connectivity index (χ1) is 28.3. The topological polar surface area (TPSA) is 299 Å². The Labute approximate surface area is 351 Å². The fourth-order valence-electron chi connectivity index (χ4n) is 5.57. The lowest BCUT2D eigenvalue weighted by Gasteiger charge is -2.44. The van der Waals surface area contributed by atoms with Gasteiger partial charge in [0.2, 0.25) is 10.3 Å². The maximum absolute atomic E-state index is 12.0. The van der Waals surface area contributed by atoms with Crippen LogP contribution in [-0.2, 0) is 95.2 Å². The predicted octanol–water partition coefficient (Wildman–Crippen LogP) is -0.350. The van der Waals surface area contributed by atoms with Gasteiger partial charge in [-0.15, -0.1) is 20.4 Å². The van der Waals surface area contributed by atoms with E-state index in [9.17, 15) is 38.4 Å². The molecular formula is C34H46N4O20S2. The van der Waals surface area contributed by atoms with Gasteiger partial charge in [0.1, 0.15) is 25.4 Å². The summed E-state index contributed by atoms with van der Waals surface area (Å²) >= 11 is 2.17. The molecule has 0 amide bonds. The number of thioether (sulfide) groups is 2. The Morgan fingerprint density at radius 2 is 0.717 bits per heavy atom. The SMILES string of the molecule is CC(=O)OC[C@H]1O[C@@H](OCCSc2nnc(SCCO[C@@H]3O[C@H](COC(C)=O)[C@H](OC(C)=O)[C@H](OC(C)=O)[C@H]3OC(C)=O)nn2)[C@H](OC(C)=O)[C@@H](OC(C)=O)[C@H]1OC(C)=O. The molecule has 10 atom stereocenters. The Hall–Kier alpha value is -4.76. The average Bonchev–Trinajstić information content (AvgIpc) is 3.14. The molecule has 0 spiro atoms. The van der Waals surface area contributed by atoms with Crippen LogP contribution in [0.3, 0.4) is 0 Å². The zero-order valence-corrected chi connectivity index (χ0v) is 35.4. The van der Waals surface area contributed by atoms with E-state index in [0.717, 1.165) is 78.9 Å². The molecule has 2 aliphatic rings. The highest BCUT2D eigenvalue weighted by Gasteiger charge is 2.54. The Morgan fingerprint density at radius 3 is 1.00 bits per heavy atom. The van der Waals surface area contributed by atoms with Crippen LogP contribution >= 0.6 is 23.5 Å². The maximum atomic E-state index is 12.0. The summed E-state index contributed by atoms with van der Waals surface area (Å²) < 4.78 is 65.9. The minimum atomic E-state index is -1.39. The second kappa shape index (κ2) is 24.5. The third-order valence-corrected chi connectivity index (χ3v) is 9.12. The van der Waals surface area contributed by atoms with E-state index in [2.05, 4.69) is 20.4 Å². The van der Waals surface area contributed by atoms with Gasteiger partial charge in [0, 0.05) is 66.9 Å². The lowest BCUT2D eigenvalue weighted by molar-refractivity contribution is -0.307. The summed E-state index contributed by atoms with van der Waals surface area (Å²) in [7, 11) is 0. The Kier molecular flexibility index (Phi) is 20.2. The minimum Gasteiger partial charge on any atom is -0.463 e. The number of nitrogens with zero attached hydrogens (tertiary/aromatic N) is 4. The van der Waals surface area contributed by atoms with Crippen LogP contribution < -0.4 is 0 Å². The maximum Gasteiger partial charge on any atom is 0.303 e. The van der Waals surface area contributed by atoms with Crippen LogP contribution in [0.4, 0.5) is 0 Å². The van der Waals surface area contributed by atoms with E-state index in [1.165, 1.54) is 0 Å². The van der Waals surface area contributed by atoms with Crippen molar-refractivity contribution < 1.29 is 95.2 Å². The van der Waals surface area contributed by atoms with Gasteiger partial charge in [-0.05, 0) is 0 Å². The highest BCUT2D eigenvalue weighted by Crippen LogP contribution is 2.32. The molecule has 0 radical (unpaired) electrons. The molecule has 0 aliphatic carbocycles. The molecule has 0 aromatic carbocycles. The molecule has 2 fully saturated rings. The van der Waals surface area contributed by atoms with Gasteiger partial charge in [-0.3, -0.25) is 38.4 Å². The molecule has 0 saturated carbocycles. The zero-order valence-electron chi connectivity index (χ0n) is 33.8. The van der Waals surface area contributed by atoms with Crippen LogP contribution in [0.1, 0.15) is 55.4 Å². The van der Waals surface area contributed by atoms with Crippen molar-refractivity contribution in [1.82, 2.24) is 20.4 Å². The van der Waals surface area contributed by atoms with Gasteiger partial charge in [0.05, 0.1) is 13.2 Å². The Balaban J connectivity index is 1.61. The second-order valence-electron chi connectivity index (χ2n) is 12.5. The molecule has 3 heterocycles. The van der Waals surface area contributed by atoms with Crippen molar-refractivity contribution in [2.24, 2.45) is 0 Å². The number of aromatic nitrogens is 4. The number of carbonyl (C=O) groups excluding carboxylic acids is 8. The lowest BCUT2D eigenvalue weighted by atomic mass is 9.98. The van der Waals surface area contributed by atoms with Crippen LogP contribution in [0.2, 0.25) is 0 Å². The molecule has 24 nitrogen and oxygen atoms in total. The van der Waals surface area contributed by atoms with Crippen LogP contribution in [0.15, 0.2) is 10.3 Å². The first-order valence-corrected chi connectivity index (χ1v) is 20.0. The predicted molar refractivity (Wildman–Crippen MR) is 195 cm³/mol. The molecule has 0 bridgehead atoms. The first-order valence-electron chi connectivity index (χ1n) is 18.0. The highest BCUT2D eigenvalue weighted by atomic mass is 32.2. The van der Waals surface area contributed by atoms with E-state index in [-0.39, 0.29) is 35.0 Å². The fourth-order valence-corrected chi connectivity index (χ4v) is 6.69. The number of hydrogen-bond donors (Lipinski definition) is 0. The van der Waals surface area contributed by atoms with Gasteiger partial charge in [0.25, 0.3) is 0 Å². The van der Waals surface area contributed by atoms with E-state index in [1.807, 2.05) is 0 Å². The first kappa shape index (κ1) is 49.6. The van der Waals surface area contributed by atoms with Gasteiger partial charge >= 0.3 is 47.8 Å². The third kappa shape index (κ3) is 16.7. The van der Waals surface area contributed by atoms with Crippen molar-refractivity contribution in [3.05, 3.63) is 0 Å². The van der Waals surface area contributed by atoms with E-state index in [4.69, 9.17) is 56.8 Å². The van der Waals surface area contributed by atoms with Crippen LogP contribution in [0.5, 0.6) is 0 Å². The van der Waals surface area contributed by atoms with Crippen molar-refractivity contribution in [2.45, 2.75) is 127 Å². The number of rotatable bonds is 20. The smallest absolute Gasteiger partial charge is 0.303 e. The van der Waals surface area contributed by atoms with E-state index in [0.29, 0.717) is 0 Å². The quantitative estimate of drug-likeness (QED) is 0.0699. The molecular weight excluding hydrogens is 849 g/mol. The van der Waals surface area contributed by atoms with E-state index >= 15 is 0 Å². The molecule has 60 heavy (non-hydrogen) atoms. The summed E-state index contributed by atoms with van der Waals surface area (Å²) in [5.74, 6) is -5.62.